The number of nitrogens with one attached hydrogen (secondary N) is 1. The maximum absolute atomic E-state index is 3.46. The Balaban J connectivity index is 1.96. The molecule has 1 nitrogen and oxygen atoms in total. The summed E-state index contributed by atoms with van der Waals surface area (Å²) in [6.45, 7) is 6.51. The van der Waals surface area contributed by atoms with Crippen molar-refractivity contribution in [3.8, 4) is 0 Å². The van der Waals surface area contributed by atoms with Gasteiger partial charge in [0.05, 0.1) is 0 Å². The molecular formula is C19H25NS. The average Bonchev–Trinajstić information content (AvgIpc) is 2.45. The van der Waals surface area contributed by atoms with Gasteiger partial charge in [-0.05, 0) is 44.5 Å². The molecule has 0 amide bonds. The zero-order valence-electron chi connectivity index (χ0n) is 13.4. The molecule has 0 saturated carbocycles. The Hall–Kier alpha value is -1.25. The molecule has 1 N–H and O–H groups in total. The summed E-state index contributed by atoms with van der Waals surface area (Å²) < 4.78 is 0. The number of hydrogen-bond acceptors (Lipinski definition) is 2. The molecule has 1 unspecified atom stereocenters. The first-order chi connectivity index (χ1) is 10.1. The fourth-order valence-corrected chi connectivity index (χ4v) is 3.76. The van der Waals surface area contributed by atoms with Crippen molar-refractivity contribution in [1.29, 1.82) is 0 Å². The van der Waals surface area contributed by atoms with Gasteiger partial charge >= 0.3 is 0 Å². The van der Waals surface area contributed by atoms with Crippen molar-refractivity contribution in [2.75, 3.05) is 12.8 Å². The standard InChI is InChI=1S/C19H25NS/c1-14-6-5-7-17(11-14)12-21-13-19(20-4)18-9-8-15(2)10-16(18)3/h5-11,19-20H,12-13H2,1-4H3. The fourth-order valence-electron chi connectivity index (χ4n) is 2.64. The number of hydrogen-bond donors (Lipinski definition) is 1. The third-order valence-electron chi connectivity index (χ3n) is 3.78. The van der Waals surface area contributed by atoms with Gasteiger partial charge in [-0.3, -0.25) is 0 Å². The summed E-state index contributed by atoms with van der Waals surface area (Å²) in [5.74, 6) is 2.17. The minimum absolute atomic E-state index is 0.417. The van der Waals surface area contributed by atoms with Crippen molar-refractivity contribution in [3.63, 3.8) is 0 Å². The predicted molar refractivity (Wildman–Crippen MR) is 95.1 cm³/mol. The topological polar surface area (TPSA) is 12.0 Å². The SMILES string of the molecule is CNC(CSCc1cccc(C)c1)c1ccc(C)cc1C. The van der Waals surface area contributed by atoms with Crippen LogP contribution in [0.1, 0.15) is 33.9 Å². The Labute approximate surface area is 133 Å². The highest BCUT2D eigenvalue weighted by Gasteiger charge is 2.11. The van der Waals surface area contributed by atoms with E-state index in [2.05, 4.69) is 75.6 Å². The molecule has 0 radical (unpaired) electrons. The smallest absolute Gasteiger partial charge is 0.0412 e. The zero-order chi connectivity index (χ0) is 15.2. The van der Waals surface area contributed by atoms with Gasteiger partial charge in [0.2, 0.25) is 0 Å². The maximum Gasteiger partial charge on any atom is 0.0412 e. The molecule has 0 aliphatic carbocycles. The van der Waals surface area contributed by atoms with Gasteiger partial charge in [-0.25, -0.2) is 0 Å². The Kier molecular flexibility index (Phi) is 5.89. The molecule has 112 valence electrons. The second-order valence-electron chi connectivity index (χ2n) is 5.71. The molecule has 0 saturated heterocycles. The predicted octanol–water partition coefficient (Wildman–Crippen LogP) is 4.81. The van der Waals surface area contributed by atoms with Crippen LogP contribution in [0.15, 0.2) is 42.5 Å². The van der Waals surface area contributed by atoms with Crippen molar-refractivity contribution in [1.82, 2.24) is 5.32 Å². The third-order valence-corrected chi connectivity index (χ3v) is 4.89. The number of aryl methyl sites for hydroxylation is 3. The molecule has 0 aliphatic rings. The minimum atomic E-state index is 0.417. The van der Waals surface area contributed by atoms with Crippen molar-refractivity contribution in [2.24, 2.45) is 0 Å². The minimum Gasteiger partial charge on any atom is -0.312 e. The van der Waals surface area contributed by atoms with Gasteiger partial charge in [-0.2, -0.15) is 11.8 Å². The first kappa shape index (κ1) is 16.1. The molecule has 2 aromatic rings. The summed E-state index contributed by atoms with van der Waals surface area (Å²) in [6.07, 6.45) is 0. The summed E-state index contributed by atoms with van der Waals surface area (Å²) in [7, 11) is 2.05. The lowest BCUT2D eigenvalue weighted by atomic mass is 10.0. The van der Waals surface area contributed by atoms with E-state index in [9.17, 15) is 0 Å². The lowest BCUT2D eigenvalue weighted by Crippen LogP contribution is -2.19. The van der Waals surface area contributed by atoms with E-state index in [-0.39, 0.29) is 0 Å². The van der Waals surface area contributed by atoms with E-state index in [1.54, 1.807) is 0 Å². The second-order valence-corrected chi connectivity index (χ2v) is 6.74. The van der Waals surface area contributed by atoms with Crippen LogP contribution in [0.5, 0.6) is 0 Å². The highest BCUT2D eigenvalue weighted by Crippen LogP contribution is 2.24. The highest BCUT2D eigenvalue weighted by atomic mass is 32.2. The summed E-state index contributed by atoms with van der Waals surface area (Å²) in [6, 6.07) is 15.9. The lowest BCUT2D eigenvalue weighted by molar-refractivity contribution is 0.657. The van der Waals surface area contributed by atoms with E-state index in [4.69, 9.17) is 0 Å². The molecule has 1 atom stereocenters. The molecule has 2 aromatic carbocycles. The van der Waals surface area contributed by atoms with Crippen molar-refractivity contribution >= 4 is 11.8 Å². The van der Waals surface area contributed by atoms with Crippen molar-refractivity contribution in [2.45, 2.75) is 32.6 Å². The van der Waals surface area contributed by atoms with Gasteiger partial charge in [0.1, 0.15) is 0 Å². The van der Waals surface area contributed by atoms with Gasteiger partial charge in [0.25, 0.3) is 0 Å². The number of rotatable bonds is 6. The number of thioether (sulfide) groups is 1. The van der Waals surface area contributed by atoms with Gasteiger partial charge in [-0.15, -0.1) is 0 Å². The van der Waals surface area contributed by atoms with Crippen LogP contribution in [0.4, 0.5) is 0 Å². The summed E-state index contributed by atoms with van der Waals surface area (Å²) in [5.41, 5.74) is 6.88. The molecule has 0 aliphatic heterocycles. The molecule has 2 heteroatoms. The van der Waals surface area contributed by atoms with Crippen LogP contribution >= 0.6 is 11.8 Å². The largest absolute Gasteiger partial charge is 0.312 e. The molecule has 0 aromatic heterocycles. The van der Waals surface area contributed by atoms with Crippen LogP contribution in [0.25, 0.3) is 0 Å². The van der Waals surface area contributed by atoms with Crippen LogP contribution < -0.4 is 5.32 Å². The molecule has 21 heavy (non-hydrogen) atoms. The van der Waals surface area contributed by atoms with Gasteiger partial charge in [-0.1, -0.05) is 53.6 Å². The molecule has 2 rings (SSSR count). The fraction of sp³-hybridized carbons (Fsp3) is 0.368. The molecule has 0 spiro atoms. The second kappa shape index (κ2) is 7.67. The van der Waals surface area contributed by atoms with E-state index in [0.717, 1.165) is 11.5 Å². The average molecular weight is 299 g/mol. The van der Waals surface area contributed by atoms with Gasteiger partial charge in [0.15, 0.2) is 0 Å². The van der Waals surface area contributed by atoms with Crippen molar-refractivity contribution < 1.29 is 0 Å². The summed E-state index contributed by atoms with van der Waals surface area (Å²) in [4.78, 5) is 0. The van der Waals surface area contributed by atoms with Crippen LogP contribution in [-0.2, 0) is 5.75 Å². The highest BCUT2D eigenvalue weighted by molar-refractivity contribution is 7.98. The monoisotopic (exact) mass is 299 g/mol. The van der Waals surface area contributed by atoms with Crippen molar-refractivity contribution in [3.05, 3.63) is 70.3 Å². The zero-order valence-corrected chi connectivity index (χ0v) is 14.3. The maximum atomic E-state index is 3.46. The van der Waals surface area contributed by atoms with Crippen LogP contribution in [0, 0.1) is 20.8 Å². The first-order valence-electron chi connectivity index (χ1n) is 7.48. The lowest BCUT2D eigenvalue weighted by Gasteiger charge is -2.19. The van der Waals surface area contributed by atoms with E-state index in [0.29, 0.717) is 6.04 Å². The first-order valence-corrected chi connectivity index (χ1v) is 8.63. The van der Waals surface area contributed by atoms with Gasteiger partial charge in [0, 0.05) is 17.5 Å². The molecular weight excluding hydrogens is 274 g/mol. The van der Waals surface area contributed by atoms with E-state index in [1.807, 2.05) is 11.8 Å². The molecule has 0 heterocycles. The normalized spacial score (nSPS) is 12.4. The van der Waals surface area contributed by atoms with E-state index >= 15 is 0 Å². The Morgan fingerprint density at radius 2 is 1.76 bits per heavy atom. The molecule has 0 fully saturated rings. The third kappa shape index (κ3) is 4.62. The summed E-state index contributed by atoms with van der Waals surface area (Å²) >= 11 is 1.99. The van der Waals surface area contributed by atoms with Crippen LogP contribution in [-0.4, -0.2) is 12.8 Å². The molecule has 0 bridgehead atoms. The van der Waals surface area contributed by atoms with E-state index in [1.165, 1.54) is 27.8 Å². The Morgan fingerprint density at radius 1 is 1.00 bits per heavy atom. The quantitative estimate of drug-likeness (QED) is 0.822. The van der Waals surface area contributed by atoms with E-state index < -0.39 is 0 Å². The van der Waals surface area contributed by atoms with Gasteiger partial charge < -0.3 is 5.32 Å². The number of benzene rings is 2. The van der Waals surface area contributed by atoms with Crippen LogP contribution in [0.3, 0.4) is 0 Å². The summed E-state index contributed by atoms with van der Waals surface area (Å²) in [5, 5.41) is 3.46. The van der Waals surface area contributed by atoms with Crippen LogP contribution in [0.2, 0.25) is 0 Å². The Morgan fingerprint density at radius 3 is 2.43 bits per heavy atom. The Bertz CT molecular complexity index is 592.